The number of fused-ring (bicyclic) bond motifs is 1. The van der Waals surface area contributed by atoms with E-state index in [2.05, 4.69) is 52.4 Å². The Kier molecular flexibility index (Phi) is 10.8. The maximum absolute atomic E-state index is 13.0. The summed E-state index contributed by atoms with van der Waals surface area (Å²) in [7, 11) is 0. The summed E-state index contributed by atoms with van der Waals surface area (Å²) in [5, 5.41) is 24.7. The highest BCUT2D eigenvalue weighted by Crippen LogP contribution is 2.33. The number of nitriles is 1. The van der Waals surface area contributed by atoms with E-state index in [1.54, 1.807) is 35.4 Å². The fourth-order valence-electron chi connectivity index (χ4n) is 8.51. The molecule has 0 radical (unpaired) electrons. The molecule has 286 valence electrons. The second-order valence-corrected chi connectivity index (χ2v) is 15.5. The quantitative estimate of drug-likeness (QED) is 0.224. The van der Waals surface area contributed by atoms with Gasteiger partial charge in [-0.2, -0.15) is 5.26 Å². The molecular weight excluding hydrogens is 720 g/mol. The monoisotopic (exact) mass is 764 g/mol. The molecule has 0 bridgehead atoms. The molecule has 2 N–H and O–H groups in total. The zero-order chi connectivity index (χ0) is 37.9. The van der Waals surface area contributed by atoms with E-state index in [9.17, 15) is 14.4 Å². The molecule has 3 saturated heterocycles. The Hall–Kier alpha value is -5.26. The van der Waals surface area contributed by atoms with Gasteiger partial charge < -0.3 is 24.4 Å². The summed E-state index contributed by atoms with van der Waals surface area (Å²) >= 11 is 6.15. The van der Waals surface area contributed by atoms with E-state index in [1.165, 1.54) is 0 Å². The van der Waals surface area contributed by atoms with Crippen LogP contribution in [-0.2, 0) is 4.79 Å². The zero-order valence-electron chi connectivity index (χ0n) is 30.7. The van der Waals surface area contributed by atoms with Gasteiger partial charge >= 0.3 is 6.03 Å². The number of likely N-dealkylation sites (tertiary alicyclic amines) is 1. The van der Waals surface area contributed by atoms with Crippen LogP contribution >= 0.6 is 11.6 Å². The Labute approximate surface area is 324 Å². The van der Waals surface area contributed by atoms with Crippen LogP contribution in [0.3, 0.4) is 0 Å². The molecular formula is C40H45ClN10O4. The van der Waals surface area contributed by atoms with Crippen molar-refractivity contribution < 1.29 is 19.1 Å². The van der Waals surface area contributed by atoms with Gasteiger partial charge in [0.05, 0.1) is 22.2 Å². The van der Waals surface area contributed by atoms with Crippen molar-refractivity contribution in [2.45, 2.75) is 76.0 Å². The van der Waals surface area contributed by atoms with Crippen LogP contribution in [0, 0.1) is 17.2 Å². The number of amides is 4. The number of rotatable bonds is 9. The van der Waals surface area contributed by atoms with E-state index < -0.39 is 6.03 Å². The number of halogens is 1. The van der Waals surface area contributed by atoms with Gasteiger partial charge in [0.25, 0.3) is 5.91 Å². The summed E-state index contributed by atoms with van der Waals surface area (Å²) in [6.07, 6.45) is 11.7. The van der Waals surface area contributed by atoms with E-state index in [-0.39, 0.29) is 30.4 Å². The van der Waals surface area contributed by atoms with Gasteiger partial charge in [0, 0.05) is 81.6 Å². The summed E-state index contributed by atoms with van der Waals surface area (Å²) in [4.78, 5) is 48.1. The Morgan fingerprint density at radius 2 is 1.75 bits per heavy atom. The summed E-state index contributed by atoms with van der Waals surface area (Å²) in [5.74, 6) is 2.22. The first-order valence-electron chi connectivity index (χ1n) is 19.4. The number of aromatic nitrogens is 4. The van der Waals surface area contributed by atoms with E-state index >= 15 is 0 Å². The highest BCUT2D eigenvalue weighted by molar-refractivity contribution is 6.31. The second kappa shape index (κ2) is 16.2. The highest BCUT2D eigenvalue weighted by Gasteiger charge is 2.30. The molecule has 1 saturated carbocycles. The molecule has 55 heavy (non-hydrogen) atoms. The van der Waals surface area contributed by atoms with Gasteiger partial charge in [-0.05, 0) is 93.7 Å². The van der Waals surface area contributed by atoms with Gasteiger partial charge in [0.2, 0.25) is 5.91 Å². The fraction of sp³-hybridized carbons (Fsp3) is 0.475. The van der Waals surface area contributed by atoms with E-state index in [0.29, 0.717) is 46.4 Å². The number of nitrogens with zero attached hydrogens (tertiary/aromatic N) is 8. The van der Waals surface area contributed by atoms with Crippen molar-refractivity contribution in [3.8, 4) is 11.8 Å². The molecule has 14 nitrogen and oxygen atoms in total. The topological polar surface area (TPSA) is 162 Å². The van der Waals surface area contributed by atoms with Gasteiger partial charge in [-0.3, -0.25) is 19.8 Å². The number of benzene rings is 1. The van der Waals surface area contributed by atoms with Crippen molar-refractivity contribution in [2.24, 2.45) is 5.92 Å². The van der Waals surface area contributed by atoms with Crippen LogP contribution in [0.25, 0.3) is 10.9 Å². The molecule has 0 spiro atoms. The molecule has 3 aromatic heterocycles. The number of urea groups is 1. The third-order valence-corrected chi connectivity index (χ3v) is 11.9. The van der Waals surface area contributed by atoms with E-state index in [4.69, 9.17) is 21.6 Å². The van der Waals surface area contributed by atoms with Crippen LogP contribution in [0.15, 0.2) is 54.9 Å². The molecule has 4 aromatic rings. The Bertz CT molecular complexity index is 2080. The minimum absolute atomic E-state index is 0.0333. The van der Waals surface area contributed by atoms with Crippen LogP contribution in [0.4, 0.5) is 16.4 Å². The number of carbonyl (C=O) groups excluding carboxylic acids is 3. The van der Waals surface area contributed by atoms with E-state index in [1.807, 2.05) is 18.2 Å². The maximum atomic E-state index is 13.0. The Balaban J connectivity index is 0.760. The standard InChI is InChI=1S/C40H45ClN10O4/c41-33-23-31(4-1-27(33)24-42)55-30-5-2-28(3-6-30)44-39(53)34-7-8-36(47-46-34)49-19-10-26(11-20-49)25-48-17-12-29(13-18-48)50-21-14-32-35(50)9-16-43-38(32)51-22-15-37(52)45-40(51)54/h1,4,7-9,14,16,21,23,26,28-30H,2-3,5-6,10-13,15,17-20,22,25H2,(H,44,53)(H,45,52,54)/t28-,30-. The lowest BCUT2D eigenvalue weighted by Gasteiger charge is -2.38. The normalized spacial score (nSPS) is 21.7. The van der Waals surface area contributed by atoms with Gasteiger partial charge in [-0.25, -0.2) is 9.78 Å². The van der Waals surface area contributed by atoms with Gasteiger partial charge in [-0.1, -0.05) is 11.6 Å². The number of nitrogens with one attached hydrogen (secondary N) is 2. The molecule has 0 unspecified atom stereocenters. The van der Waals surface area contributed by atoms with Crippen molar-refractivity contribution >= 4 is 52.0 Å². The van der Waals surface area contributed by atoms with Crippen molar-refractivity contribution in [3.05, 3.63) is 71.1 Å². The first-order chi connectivity index (χ1) is 26.8. The average molecular weight is 765 g/mol. The molecule has 1 aliphatic carbocycles. The Morgan fingerprint density at radius 1 is 0.945 bits per heavy atom. The van der Waals surface area contributed by atoms with Crippen LogP contribution in [0.2, 0.25) is 5.02 Å². The van der Waals surface area contributed by atoms with E-state index in [0.717, 1.165) is 101 Å². The molecule has 4 amide bonds. The zero-order valence-corrected chi connectivity index (χ0v) is 31.5. The van der Waals surface area contributed by atoms with Crippen molar-refractivity contribution in [2.75, 3.05) is 49.1 Å². The lowest BCUT2D eigenvalue weighted by atomic mass is 9.92. The lowest BCUT2D eigenvalue weighted by Crippen LogP contribution is -2.49. The average Bonchev–Trinajstić information content (AvgIpc) is 3.64. The number of carbonyl (C=O) groups is 3. The molecule has 15 heteroatoms. The third kappa shape index (κ3) is 8.23. The number of pyridine rings is 1. The van der Waals surface area contributed by atoms with Gasteiger partial charge in [0.1, 0.15) is 17.6 Å². The second-order valence-electron chi connectivity index (χ2n) is 15.1. The number of anilines is 2. The van der Waals surface area contributed by atoms with Crippen molar-refractivity contribution in [3.63, 3.8) is 0 Å². The molecule has 3 aliphatic heterocycles. The molecule has 1 aromatic carbocycles. The van der Waals surface area contributed by atoms with Crippen LogP contribution < -0.4 is 25.2 Å². The first-order valence-corrected chi connectivity index (χ1v) is 19.7. The summed E-state index contributed by atoms with van der Waals surface area (Å²) in [5.41, 5.74) is 1.81. The van der Waals surface area contributed by atoms with Gasteiger partial charge in [-0.15, -0.1) is 10.2 Å². The van der Waals surface area contributed by atoms with Crippen LogP contribution in [-0.4, -0.2) is 93.9 Å². The maximum Gasteiger partial charge on any atom is 0.329 e. The van der Waals surface area contributed by atoms with Gasteiger partial charge in [0.15, 0.2) is 11.5 Å². The smallest absolute Gasteiger partial charge is 0.329 e. The molecule has 6 heterocycles. The number of hydrogen-bond donors (Lipinski definition) is 2. The Morgan fingerprint density at radius 3 is 2.45 bits per heavy atom. The summed E-state index contributed by atoms with van der Waals surface area (Å²) in [6.45, 7) is 5.33. The molecule has 4 fully saturated rings. The lowest BCUT2D eigenvalue weighted by molar-refractivity contribution is -0.120. The van der Waals surface area contributed by atoms with Crippen LogP contribution in [0.5, 0.6) is 5.75 Å². The highest BCUT2D eigenvalue weighted by atomic mass is 35.5. The van der Waals surface area contributed by atoms with Crippen molar-refractivity contribution in [1.82, 2.24) is 35.3 Å². The first kappa shape index (κ1) is 36.7. The van der Waals surface area contributed by atoms with Crippen molar-refractivity contribution in [1.29, 1.82) is 5.26 Å². The SMILES string of the molecule is N#Cc1ccc(O[C@H]2CC[C@H](NC(=O)c3ccc(N4CCC(CN5CCC(n6ccc7c(N8CCC(=O)NC8=O)nccc76)CC5)CC4)nn3)CC2)cc1Cl. The molecule has 8 rings (SSSR count). The largest absolute Gasteiger partial charge is 0.490 e. The molecule has 0 atom stereocenters. The minimum Gasteiger partial charge on any atom is -0.490 e. The number of ether oxygens (including phenoxy) is 1. The summed E-state index contributed by atoms with van der Waals surface area (Å²) < 4.78 is 8.42. The predicted molar refractivity (Wildman–Crippen MR) is 207 cm³/mol. The number of imide groups is 1. The fourth-order valence-corrected chi connectivity index (χ4v) is 8.73. The number of piperidine rings is 2. The minimum atomic E-state index is -0.416. The molecule has 4 aliphatic rings. The third-order valence-electron chi connectivity index (χ3n) is 11.6. The number of hydrogen-bond acceptors (Lipinski definition) is 10. The van der Waals surface area contributed by atoms with Crippen LogP contribution in [0.1, 0.15) is 79.9 Å². The summed E-state index contributed by atoms with van der Waals surface area (Å²) in [6, 6.07) is 14.9. The predicted octanol–water partition coefficient (Wildman–Crippen LogP) is 5.47.